The first-order chi connectivity index (χ1) is 14.6. The fourth-order valence-corrected chi connectivity index (χ4v) is 5.47. The SMILES string of the molecule is O=C(CSc1nnc(-c2cccs2)n1C[C@@H]1CCCO1)NCCN1C(=O)CSC1=O. The van der Waals surface area contributed by atoms with Crippen molar-refractivity contribution in [3.63, 3.8) is 0 Å². The predicted octanol–water partition coefficient (Wildman–Crippen LogP) is 2.09. The molecule has 2 aliphatic heterocycles. The van der Waals surface area contributed by atoms with Crippen molar-refractivity contribution in [2.24, 2.45) is 0 Å². The number of carbonyl (C=O) groups excluding carboxylic acids is 3. The summed E-state index contributed by atoms with van der Waals surface area (Å²) in [6, 6.07) is 3.97. The Morgan fingerprint density at radius 2 is 2.27 bits per heavy atom. The van der Waals surface area contributed by atoms with Gasteiger partial charge in [-0.2, -0.15) is 0 Å². The van der Waals surface area contributed by atoms with Crippen LogP contribution < -0.4 is 5.32 Å². The number of thioether (sulfide) groups is 2. The van der Waals surface area contributed by atoms with E-state index in [1.54, 1.807) is 11.3 Å². The standard InChI is InChI=1S/C18H21N5O4S3/c24-14(19-5-6-22-15(25)11-30-18(22)26)10-29-17-21-20-16(13-4-2-8-28-13)23(17)9-12-3-1-7-27-12/h2,4,8,12H,1,3,5-7,9-11H2,(H,19,24)/t12-/m0/s1. The van der Waals surface area contributed by atoms with E-state index in [0.717, 1.165) is 41.9 Å². The summed E-state index contributed by atoms with van der Waals surface area (Å²) >= 11 is 3.90. The summed E-state index contributed by atoms with van der Waals surface area (Å²) in [7, 11) is 0. The molecule has 0 aliphatic carbocycles. The summed E-state index contributed by atoms with van der Waals surface area (Å²) in [6.45, 7) is 1.85. The molecule has 3 amide bonds. The van der Waals surface area contributed by atoms with Crippen LogP contribution in [0.25, 0.3) is 10.7 Å². The highest BCUT2D eigenvalue weighted by Crippen LogP contribution is 2.29. The molecule has 0 spiro atoms. The van der Waals surface area contributed by atoms with Crippen LogP contribution in [0, 0.1) is 0 Å². The maximum Gasteiger partial charge on any atom is 0.288 e. The lowest BCUT2D eigenvalue weighted by atomic mass is 10.2. The maximum atomic E-state index is 12.2. The van der Waals surface area contributed by atoms with Crippen LogP contribution in [0.5, 0.6) is 0 Å². The van der Waals surface area contributed by atoms with E-state index in [2.05, 4.69) is 15.5 Å². The van der Waals surface area contributed by atoms with Gasteiger partial charge in [0.15, 0.2) is 11.0 Å². The minimum atomic E-state index is -0.257. The molecule has 2 fully saturated rings. The van der Waals surface area contributed by atoms with Crippen LogP contribution in [0.4, 0.5) is 4.79 Å². The summed E-state index contributed by atoms with van der Waals surface area (Å²) in [5.41, 5.74) is 0. The van der Waals surface area contributed by atoms with Crippen molar-refractivity contribution in [1.82, 2.24) is 25.0 Å². The minimum Gasteiger partial charge on any atom is -0.376 e. The average Bonchev–Trinajstić information content (AvgIpc) is 3.52. The molecule has 0 unspecified atom stereocenters. The van der Waals surface area contributed by atoms with Crippen LogP contribution >= 0.6 is 34.9 Å². The Labute approximate surface area is 185 Å². The van der Waals surface area contributed by atoms with Crippen molar-refractivity contribution >= 4 is 51.9 Å². The fraction of sp³-hybridized carbons (Fsp3) is 0.500. The molecule has 2 aliphatic rings. The van der Waals surface area contributed by atoms with Crippen LogP contribution in [0.3, 0.4) is 0 Å². The van der Waals surface area contributed by atoms with Crippen molar-refractivity contribution in [3.05, 3.63) is 17.5 Å². The Hall–Kier alpha value is -1.89. The van der Waals surface area contributed by atoms with Crippen LogP contribution in [0.2, 0.25) is 0 Å². The zero-order valence-electron chi connectivity index (χ0n) is 16.1. The number of nitrogens with zero attached hydrogens (tertiary/aromatic N) is 4. The molecule has 1 N–H and O–H groups in total. The van der Waals surface area contributed by atoms with Crippen LogP contribution in [-0.4, -0.2) is 74.0 Å². The molecule has 12 heteroatoms. The van der Waals surface area contributed by atoms with Gasteiger partial charge in [-0.3, -0.25) is 23.9 Å². The molecule has 30 heavy (non-hydrogen) atoms. The van der Waals surface area contributed by atoms with E-state index in [9.17, 15) is 14.4 Å². The van der Waals surface area contributed by atoms with E-state index in [1.807, 2.05) is 22.1 Å². The van der Waals surface area contributed by atoms with E-state index in [1.165, 1.54) is 16.7 Å². The van der Waals surface area contributed by atoms with Gasteiger partial charge in [0.25, 0.3) is 5.24 Å². The van der Waals surface area contributed by atoms with Gasteiger partial charge in [0.05, 0.1) is 29.0 Å². The molecule has 2 aromatic rings. The quantitative estimate of drug-likeness (QED) is 0.559. The molecular formula is C18H21N5O4S3. The average molecular weight is 468 g/mol. The molecular weight excluding hydrogens is 446 g/mol. The summed E-state index contributed by atoms with van der Waals surface area (Å²) < 4.78 is 7.80. The van der Waals surface area contributed by atoms with Gasteiger partial charge in [0.2, 0.25) is 11.8 Å². The molecule has 0 bridgehead atoms. The number of rotatable bonds is 9. The lowest BCUT2D eigenvalue weighted by Crippen LogP contribution is -2.38. The zero-order valence-corrected chi connectivity index (χ0v) is 18.6. The zero-order chi connectivity index (χ0) is 20.9. The number of ether oxygens (including phenoxy) is 1. The van der Waals surface area contributed by atoms with Gasteiger partial charge in [-0.15, -0.1) is 21.5 Å². The Morgan fingerprint density at radius 3 is 2.97 bits per heavy atom. The number of hydrogen-bond donors (Lipinski definition) is 1. The van der Waals surface area contributed by atoms with E-state index in [4.69, 9.17) is 4.74 Å². The second-order valence-electron chi connectivity index (χ2n) is 6.77. The number of thiophene rings is 1. The van der Waals surface area contributed by atoms with Gasteiger partial charge in [-0.1, -0.05) is 29.6 Å². The third kappa shape index (κ3) is 5.05. The maximum absolute atomic E-state index is 12.2. The highest BCUT2D eigenvalue weighted by Gasteiger charge is 2.29. The van der Waals surface area contributed by atoms with Crippen molar-refractivity contribution in [2.45, 2.75) is 30.6 Å². The molecule has 160 valence electrons. The minimum absolute atomic E-state index is 0.126. The van der Waals surface area contributed by atoms with Crippen molar-refractivity contribution in [3.8, 4) is 10.7 Å². The van der Waals surface area contributed by atoms with Gasteiger partial charge < -0.3 is 10.1 Å². The van der Waals surface area contributed by atoms with Gasteiger partial charge >= 0.3 is 0 Å². The number of carbonyl (C=O) groups is 3. The second kappa shape index (κ2) is 9.94. The molecule has 1 atom stereocenters. The third-order valence-corrected chi connectivity index (χ3v) is 7.39. The highest BCUT2D eigenvalue weighted by molar-refractivity contribution is 8.14. The van der Waals surface area contributed by atoms with E-state index >= 15 is 0 Å². The van der Waals surface area contributed by atoms with E-state index < -0.39 is 0 Å². The number of hydrogen-bond acceptors (Lipinski definition) is 9. The summed E-state index contributed by atoms with van der Waals surface area (Å²) in [4.78, 5) is 37.6. The first-order valence-electron chi connectivity index (χ1n) is 9.57. The number of imide groups is 1. The normalized spacial score (nSPS) is 19.1. The lowest BCUT2D eigenvalue weighted by Gasteiger charge is -2.14. The van der Waals surface area contributed by atoms with E-state index in [-0.39, 0.29) is 47.8 Å². The van der Waals surface area contributed by atoms with Crippen LogP contribution in [0.15, 0.2) is 22.7 Å². The molecule has 0 radical (unpaired) electrons. The molecule has 4 rings (SSSR count). The van der Waals surface area contributed by atoms with Gasteiger partial charge in [-0.25, -0.2) is 0 Å². The Balaban J connectivity index is 1.33. The Kier molecular flexibility index (Phi) is 7.08. The largest absolute Gasteiger partial charge is 0.376 e. The third-order valence-electron chi connectivity index (χ3n) is 4.70. The van der Waals surface area contributed by atoms with Gasteiger partial charge in [0.1, 0.15) is 0 Å². The van der Waals surface area contributed by atoms with E-state index in [0.29, 0.717) is 11.7 Å². The van der Waals surface area contributed by atoms with Crippen molar-refractivity contribution in [2.75, 3.05) is 31.2 Å². The molecule has 2 saturated heterocycles. The highest BCUT2D eigenvalue weighted by atomic mass is 32.2. The van der Waals surface area contributed by atoms with Crippen molar-refractivity contribution < 1.29 is 19.1 Å². The fourth-order valence-electron chi connectivity index (χ4n) is 3.23. The topological polar surface area (TPSA) is 106 Å². The first kappa shape index (κ1) is 21.3. The number of nitrogens with one attached hydrogen (secondary N) is 1. The Morgan fingerprint density at radius 1 is 1.37 bits per heavy atom. The van der Waals surface area contributed by atoms with Crippen LogP contribution in [-0.2, 0) is 20.9 Å². The van der Waals surface area contributed by atoms with Crippen molar-refractivity contribution in [1.29, 1.82) is 0 Å². The molecule has 9 nitrogen and oxygen atoms in total. The summed E-state index contributed by atoms with van der Waals surface area (Å²) in [5.74, 6) is 0.736. The summed E-state index contributed by atoms with van der Waals surface area (Å²) in [5, 5.41) is 13.8. The molecule has 0 aromatic carbocycles. The number of amides is 3. The smallest absolute Gasteiger partial charge is 0.288 e. The molecule has 4 heterocycles. The van der Waals surface area contributed by atoms with Gasteiger partial charge in [0, 0.05) is 19.7 Å². The predicted molar refractivity (Wildman–Crippen MR) is 116 cm³/mol. The number of aromatic nitrogens is 3. The molecule has 0 saturated carbocycles. The monoisotopic (exact) mass is 467 g/mol. The van der Waals surface area contributed by atoms with Gasteiger partial charge in [-0.05, 0) is 24.3 Å². The lowest BCUT2D eigenvalue weighted by molar-refractivity contribution is -0.125. The Bertz CT molecular complexity index is 895. The second-order valence-corrected chi connectivity index (χ2v) is 9.58. The summed E-state index contributed by atoms with van der Waals surface area (Å²) in [6.07, 6.45) is 2.17. The molecule has 2 aromatic heterocycles. The first-order valence-corrected chi connectivity index (χ1v) is 12.4. The van der Waals surface area contributed by atoms with Crippen LogP contribution in [0.1, 0.15) is 12.8 Å².